The Morgan fingerprint density at radius 2 is 1.76 bits per heavy atom. The number of anilines is 1. The molecule has 25 heavy (non-hydrogen) atoms. The van der Waals surface area contributed by atoms with E-state index in [-0.39, 0.29) is 6.04 Å². The van der Waals surface area contributed by atoms with Crippen molar-refractivity contribution in [2.24, 2.45) is 7.05 Å². The van der Waals surface area contributed by atoms with E-state index in [0.29, 0.717) is 5.69 Å². The van der Waals surface area contributed by atoms with Gasteiger partial charge in [-0.3, -0.25) is 4.68 Å². The zero-order chi connectivity index (χ0) is 19.0. The minimum absolute atomic E-state index is 0.0845. The van der Waals surface area contributed by atoms with Gasteiger partial charge in [0.1, 0.15) is 0 Å². The molecule has 0 aliphatic carbocycles. The Bertz CT molecular complexity index is 856. The predicted molar refractivity (Wildman–Crippen MR) is 89.0 cm³/mol. The van der Waals surface area contributed by atoms with E-state index in [4.69, 9.17) is 0 Å². The van der Waals surface area contributed by atoms with Gasteiger partial charge in [0.15, 0.2) is 0 Å². The summed E-state index contributed by atoms with van der Waals surface area (Å²) >= 11 is 0. The molecule has 0 radical (unpaired) electrons. The molecular formula is C16H20F3N3O2S. The van der Waals surface area contributed by atoms with Crippen molar-refractivity contribution in [1.82, 2.24) is 9.78 Å². The molecular weight excluding hydrogens is 355 g/mol. The summed E-state index contributed by atoms with van der Waals surface area (Å²) in [6, 6.07) is 4.51. The van der Waals surface area contributed by atoms with Crippen LogP contribution in [-0.2, 0) is 16.9 Å². The van der Waals surface area contributed by atoms with Crippen molar-refractivity contribution in [1.29, 1.82) is 0 Å². The van der Waals surface area contributed by atoms with E-state index in [1.807, 2.05) is 27.8 Å². The maximum Gasteiger partial charge on any atom is 0.501 e. The van der Waals surface area contributed by atoms with Crippen molar-refractivity contribution in [3.8, 4) is 0 Å². The van der Waals surface area contributed by atoms with Crippen LogP contribution < -0.4 is 5.32 Å². The highest BCUT2D eigenvalue weighted by Crippen LogP contribution is 2.32. The van der Waals surface area contributed by atoms with E-state index in [9.17, 15) is 21.6 Å². The van der Waals surface area contributed by atoms with E-state index in [1.165, 1.54) is 12.1 Å². The molecule has 0 aliphatic heterocycles. The van der Waals surface area contributed by atoms with Crippen LogP contribution in [0.4, 0.5) is 18.9 Å². The van der Waals surface area contributed by atoms with Crippen molar-refractivity contribution in [3.05, 3.63) is 41.2 Å². The second-order valence-electron chi connectivity index (χ2n) is 5.79. The second kappa shape index (κ2) is 6.70. The molecule has 0 amide bonds. The van der Waals surface area contributed by atoms with Gasteiger partial charge in [-0.25, -0.2) is 8.42 Å². The molecule has 0 fully saturated rings. The third-order valence-corrected chi connectivity index (χ3v) is 5.63. The largest absolute Gasteiger partial charge is 0.501 e. The van der Waals surface area contributed by atoms with Gasteiger partial charge in [0.2, 0.25) is 0 Å². The number of hydrogen-bond donors (Lipinski definition) is 1. The Labute approximate surface area is 144 Å². The zero-order valence-electron chi connectivity index (χ0n) is 14.3. The molecule has 9 heteroatoms. The quantitative estimate of drug-likeness (QED) is 0.861. The molecule has 1 N–H and O–H groups in total. The van der Waals surface area contributed by atoms with Gasteiger partial charge in [0.25, 0.3) is 9.84 Å². The Hall–Kier alpha value is -2.03. The number of sulfone groups is 1. The average Bonchev–Trinajstić information content (AvgIpc) is 2.77. The molecule has 0 bridgehead atoms. The number of aromatic nitrogens is 2. The molecule has 1 heterocycles. The van der Waals surface area contributed by atoms with E-state index < -0.39 is 20.2 Å². The van der Waals surface area contributed by atoms with Gasteiger partial charge in [0.05, 0.1) is 16.6 Å². The fourth-order valence-corrected chi connectivity index (χ4v) is 3.50. The molecule has 0 aliphatic rings. The first-order valence-electron chi connectivity index (χ1n) is 7.67. The minimum atomic E-state index is -5.33. The summed E-state index contributed by atoms with van der Waals surface area (Å²) in [6.45, 7) is 5.82. The van der Waals surface area contributed by atoms with Crippen LogP contribution in [0.25, 0.3) is 0 Å². The van der Waals surface area contributed by atoms with Gasteiger partial charge in [-0.1, -0.05) is 6.92 Å². The molecule has 1 aromatic heterocycles. The normalized spacial score (nSPS) is 13.7. The highest BCUT2D eigenvalue weighted by Gasteiger charge is 2.46. The lowest BCUT2D eigenvalue weighted by molar-refractivity contribution is -0.0436. The lowest BCUT2D eigenvalue weighted by Crippen LogP contribution is -2.23. The van der Waals surface area contributed by atoms with E-state index in [0.717, 1.165) is 35.5 Å². The standard InChI is InChI=1S/C16H20F3N3O2S/c1-5-14(15-10(2)21-22(4)11(15)3)20-12-6-8-13(9-7-12)25(23,24)16(17,18)19/h6-9,14,20H,5H2,1-4H3. The van der Waals surface area contributed by atoms with Crippen LogP contribution in [0.2, 0.25) is 0 Å². The van der Waals surface area contributed by atoms with E-state index >= 15 is 0 Å². The summed E-state index contributed by atoms with van der Waals surface area (Å²) in [5.41, 5.74) is -1.88. The monoisotopic (exact) mass is 375 g/mol. The van der Waals surface area contributed by atoms with Crippen LogP contribution in [0.5, 0.6) is 0 Å². The summed E-state index contributed by atoms with van der Waals surface area (Å²) in [6.07, 6.45) is 0.732. The summed E-state index contributed by atoms with van der Waals surface area (Å²) in [5, 5.41) is 7.59. The average molecular weight is 375 g/mol. The zero-order valence-corrected chi connectivity index (χ0v) is 15.2. The van der Waals surface area contributed by atoms with Gasteiger partial charge in [-0.05, 0) is 44.5 Å². The number of halogens is 3. The maximum absolute atomic E-state index is 12.6. The highest BCUT2D eigenvalue weighted by molar-refractivity contribution is 7.92. The Balaban J connectivity index is 2.29. The maximum atomic E-state index is 12.6. The number of hydrogen-bond acceptors (Lipinski definition) is 4. The summed E-state index contributed by atoms with van der Waals surface area (Å²) in [7, 11) is -3.49. The number of aryl methyl sites for hydroxylation is 2. The van der Waals surface area contributed by atoms with Gasteiger partial charge >= 0.3 is 5.51 Å². The molecule has 138 valence electrons. The van der Waals surface area contributed by atoms with Crippen molar-refractivity contribution in [3.63, 3.8) is 0 Å². The second-order valence-corrected chi connectivity index (χ2v) is 7.73. The molecule has 0 saturated carbocycles. The van der Waals surface area contributed by atoms with Gasteiger partial charge in [0, 0.05) is 24.0 Å². The fraction of sp³-hybridized carbons (Fsp3) is 0.438. The van der Waals surface area contributed by atoms with Crippen molar-refractivity contribution in [2.75, 3.05) is 5.32 Å². The smallest absolute Gasteiger partial charge is 0.378 e. The lowest BCUT2D eigenvalue weighted by atomic mass is 10.0. The van der Waals surface area contributed by atoms with Crippen LogP contribution in [-0.4, -0.2) is 23.7 Å². The first-order valence-corrected chi connectivity index (χ1v) is 9.15. The number of nitrogens with one attached hydrogen (secondary N) is 1. The molecule has 1 atom stereocenters. The first-order chi connectivity index (χ1) is 11.5. The van der Waals surface area contributed by atoms with Crippen LogP contribution in [0.15, 0.2) is 29.2 Å². The number of alkyl halides is 3. The summed E-state index contributed by atoms with van der Waals surface area (Å²) < 4.78 is 62.3. The lowest BCUT2D eigenvalue weighted by Gasteiger charge is -2.19. The molecule has 5 nitrogen and oxygen atoms in total. The SMILES string of the molecule is CCC(Nc1ccc(S(=O)(=O)C(F)(F)F)cc1)c1c(C)nn(C)c1C. The van der Waals surface area contributed by atoms with Crippen LogP contribution in [0, 0.1) is 13.8 Å². The highest BCUT2D eigenvalue weighted by atomic mass is 32.2. The van der Waals surface area contributed by atoms with Gasteiger partial charge < -0.3 is 5.32 Å². The minimum Gasteiger partial charge on any atom is -0.378 e. The first kappa shape index (κ1) is 19.3. The van der Waals surface area contributed by atoms with Crippen LogP contribution in [0.3, 0.4) is 0 Å². The van der Waals surface area contributed by atoms with E-state index in [2.05, 4.69) is 10.4 Å². The Morgan fingerprint density at radius 1 is 1.20 bits per heavy atom. The number of nitrogens with zero attached hydrogens (tertiary/aromatic N) is 2. The van der Waals surface area contributed by atoms with Crippen molar-refractivity contribution >= 4 is 15.5 Å². The summed E-state index contributed by atoms with van der Waals surface area (Å²) in [4.78, 5) is -0.771. The topological polar surface area (TPSA) is 64.0 Å². The molecule has 2 rings (SSSR count). The fourth-order valence-electron chi connectivity index (χ4n) is 2.74. The molecule has 0 saturated heterocycles. The predicted octanol–water partition coefficient (Wildman–Crippen LogP) is 3.89. The summed E-state index contributed by atoms with van der Waals surface area (Å²) in [5.74, 6) is 0. The Morgan fingerprint density at radius 3 is 2.16 bits per heavy atom. The third kappa shape index (κ3) is 3.65. The van der Waals surface area contributed by atoms with Crippen molar-refractivity contribution < 1.29 is 21.6 Å². The molecule has 1 aromatic carbocycles. The number of rotatable bonds is 5. The molecule has 1 unspecified atom stereocenters. The molecule has 0 spiro atoms. The van der Waals surface area contributed by atoms with Crippen LogP contribution >= 0.6 is 0 Å². The van der Waals surface area contributed by atoms with Gasteiger partial charge in [-0.15, -0.1) is 0 Å². The van der Waals surface area contributed by atoms with Gasteiger partial charge in [-0.2, -0.15) is 18.3 Å². The number of benzene rings is 1. The van der Waals surface area contributed by atoms with Crippen molar-refractivity contribution in [2.45, 2.75) is 43.6 Å². The molecule has 2 aromatic rings. The van der Waals surface area contributed by atoms with E-state index in [1.54, 1.807) is 4.68 Å². The Kier molecular flexibility index (Phi) is 5.17. The van der Waals surface area contributed by atoms with Crippen LogP contribution in [0.1, 0.15) is 36.3 Å². The third-order valence-electron chi connectivity index (χ3n) is 4.13.